The summed E-state index contributed by atoms with van der Waals surface area (Å²) in [5, 5.41) is 14.2. The number of alkyl halides is 2. The zero-order valence-corrected chi connectivity index (χ0v) is 16.9. The van der Waals surface area contributed by atoms with Gasteiger partial charge < -0.3 is 14.5 Å². The minimum absolute atomic E-state index is 0.0489. The van der Waals surface area contributed by atoms with E-state index in [4.69, 9.17) is 16.0 Å². The van der Waals surface area contributed by atoms with E-state index in [-0.39, 0.29) is 22.2 Å². The Balaban J connectivity index is 1.68. The van der Waals surface area contributed by atoms with Crippen molar-refractivity contribution >= 4 is 35.0 Å². The molecule has 0 spiro atoms. The fourth-order valence-corrected chi connectivity index (χ4v) is 3.04. The van der Waals surface area contributed by atoms with Gasteiger partial charge in [0.15, 0.2) is 5.82 Å². The van der Waals surface area contributed by atoms with E-state index in [1.54, 1.807) is 24.3 Å². The molecule has 1 amide bonds. The quantitative estimate of drug-likeness (QED) is 0.400. The number of halogens is 3. The van der Waals surface area contributed by atoms with E-state index in [9.17, 15) is 13.6 Å². The maximum Gasteiger partial charge on any atom is 0.387 e. The normalized spacial score (nSPS) is 11.6. The number of carbonyl (C=O) groups excluding carboxylic acids is 1. The highest BCUT2D eigenvalue weighted by atomic mass is 35.5. The van der Waals surface area contributed by atoms with Crippen LogP contribution in [0.15, 0.2) is 71.3 Å². The molecule has 0 radical (unpaired) electrons. The summed E-state index contributed by atoms with van der Waals surface area (Å²) in [6, 6.07) is 16.3. The Hall–Kier alpha value is -4.05. The zero-order valence-electron chi connectivity index (χ0n) is 16.2. The van der Waals surface area contributed by atoms with Gasteiger partial charge in [-0.1, -0.05) is 41.9 Å². The highest BCUT2D eigenvalue weighted by Crippen LogP contribution is 2.29. The topological polar surface area (TPSA) is 95.1 Å². The van der Waals surface area contributed by atoms with Crippen molar-refractivity contribution in [1.82, 2.24) is 20.2 Å². The monoisotopic (exact) mass is 457 g/mol. The maximum absolute atomic E-state index is 13.2. The number of hydrogen-bond acceptors (Lipinski definition) is 6. The molecule has 2 aromatic carbocycles. The molecule has 0 aliphatic carbocycles. The van der Waals surface area contributed by atoms with E-state index in [1.165, 1.54) is 35.2 Å². The average molecular weight is 458 g/mol. The molecule has 0 atom stereocenters. The minimum atomic E-state index is -3.02. The number of hydrogen-bond donors (Lipinski definition) is 1. The second kappa shape index (κ2) is 9.40. The molecule has 1 N–H and O–H groups in total. The van der Waals surface area contributed by atoms with Gasteiger partial charge in [0, 0.05) is 17.3 Å². The summed E-state index contributed by atoms with van der Waals surface area (Å²) in [4.78, 5) is 13.2. The lowest BCUT2D eigenvalue weighted by Gasteiger charge is -2.12. The number of carbonyl (C=O) groups is 1. The first-order valence-corrected chi connectivity index (χ1v) is 9.54. The van der Waals surface area contributed by atoms with Gasteiger partial charge in [-0.25, -0.2) is 0 Å². The number of rotatable bonds is 7. The van der Waals surface area contributed by atoms with Crippen molar-refractivity contribution in [2.75, 3.05) is 5.32 Å². The SMILES string of the molecule is O=C(Nc1ccc(OC(F)F)c(Cl)c1)/C(=C/c1ccco1)n1nnnc1-c1ccccc1. The summed E-state index contributed by atoms with van der Waals surface area (Å²) >= 11 is 5.98. The van der Waals surface area contributed by atoms with Crippen LogP contribution in [0.5, 0.6) is 5.75 Å². The molecule has 32 heavy (non-hydrogen) atoms. The van der Waals surface area contributed by atoms with Gasteiger partial charge in [-0.15, -0.1) is 5.10 Å². The summed E-state index contributed by atoms with van der Waals surface area (Å²) in [5.74, 6) is -0.0806. The average Bonchev–Trinajstić information content (AvgIpc) is 3.46. The number of benzene rings is 2. The van der Waals surface area contributed by atoms with Gasteiger partial charge in [0.2, 0.25) is 0 Å². The Kier molecular flexibility index (Phi) is 6.22. The highest BCUT2D eigenvalue weighted by Gasteiger charge is 2.20. The second-order valence-corrected chi connectivity index (χ2v) is 6.71. The first kappa shape index (κ1) is 21.2. The van der Waals surface area contributed by atoms with E-state index in [1.807, 2.05) is 18.2 Å². The lowest BCUT2D eigenvalue weighted by Crippen LogP contribution is -2.19. The standard InChI is InChI=1S/C21H14ClF2N5O3/c22-16-11-14(8-9-18(16)32-21(23)24)25-20(30)17(12-15-7-4-10-31-15)29-19(26-27-28-29)13-5-2-1-3-6-13/h1-12,21H,(H,25,30)/b17-12-. The van der Waals surface area contributed by atoms with Crippen molar-refractivity contribution < 1.29 is 22.7 Å². The Morgan fingerprint density at radius 3 is 2.66 bits per heavy atom. The minimum Gasteiger partial charge on any atom is -0.465 e. The number of ether oxygens (including phenoxy) is 1. The van der Waals surface area contributed by atoms with Crippen molar-refractivity contribution in [3.05, 3.63) is 77.7 Å². The Bertz CT molecular complexity index is 1240. The molecule has 0 aliphatic rings. The molecule has 4 aromatic rings. The molecule has 2 aromatic heterocycles. The van der Waals surface area contributed by atoms with E-state index in [0.29, 0.717) is 17.1 Å². The first-order valence-electron chi connectivity index (χ1n) is 9.16. The third-order valence-corrected chi connectivity index (χ3v) is 4.49. The van der Waals surface area contributed by atoms with Crippen LogP contribution in [0.4, 0.5) is 14.5 Å². The highest BCUT2D eigenvalue weighted by molar-refractivity contribution is 6.32. The zero-order chi connectivity index (χ0) is 22.5. The summed E-state index contributed by atoms with van der Waals surface area (Å²) < 4.78 is 35.8. The molecule has 0 aliphatic heterocycles. The van der Waals surface area contributed by atoms with Gasteiger partial charge in [-0.05, 0) is 40.8 Å². The molecule has 2 heterocycles. The predicted octanol–water partition coefficient (Wildman–Crippen LogP) is 4.82. The predicted molar refractivity (Wildman–Crippen MR) is 113 cm³/mol. The number of amides is 1. The van der Waals surface area contributed by atoms with E-state index >= 15 is 0 Å². The van der Waals surface area contributed by atoms with E-state index in [2.05, 4.69) is 25.6 Å². The smallest absolute Gasteiger partial charge is 0.387 e. The van der Waals surface area contributed by atoms with Crippen LogP contribution in [0.1, 0.15) is 5.76 Å². The molecule has 11 heteroatoms. The van der Waals surface area contributed by atoms with Gasteiger partial charge in [0.05, 0.1) is 11.3 Å². The molecule has 0 saturated heterocycles. The molecule has 8 nitrogen and oxygen atoms in total. The lowest BCUT2D eigenvalue weighted by molar-refractivity contribution is -0.111. The Labute approximate surface area is 185 Å². The molecule has 0 bridgehead atoms. The summed E-state index contributed by atoms with van der Waals surface area (Å²) in [5.41, 5.74) is 0.987. The van der Waals surface area contributed by atoms with Crippen molar-refractivity contribution in [2.45, 2.75) is 6.61 Å². The fourth-order valence-electron chi connectivity index (χ4n) is 2.81. The molecular formula is C21H14ClF2N5O3. The first-order chi connectivity index (χ1) is 15.5. The van der Waals surface area contributed by atoms with Crippen LogP contribution in [-0.4, -0.2) is 32.7 Å². The summed E-state index contributed by atoms with van der Waals surface area (Å²) in [6.45, 7) is -3.02. The fraction of sp³-hybridized carbons (Fsp3) is 0.0476. The van der Waals surface area contributed by atoms with Crippen molar-refractivity contribution in [3.63, 3.8) is 0 Å². The van der Waals surface area contributed by atoms with E-state index < -0.39 is 12.5 Å². The van der Waals surface area contributed by atoms with Crippen LogP contribution in [0.3, 0.4) is 0 Å². The number of anilines is 1. The van der Waals surface area contributed by atoms with Gasteiger partial charge in [0.25, 0.3) is 5.91 Å². The van der Waals surface area contributed by atoms with Crippen LogP contribution in [-0.2, 0) is 4.79 Å². The van der Waals surface area contributed by atoms with Crippen LogP contribution in [0.25, 0.3) is 23.2 Å². The van der Waals surface area contributed by atoms with E-state index in [0.717, 1.165) is 0 Å². The molecular weight excluding hydrogens is 444 g/mol. The third kappa shape index (κ3) is 4.81. The number of nitrogens with zero attached hydrogens (tertiary/aromatic N) is 4. The number of nitrogens with one attached hydrogen (secondary N) is 1. The largest absolute Gasteiger partial charge is 0.465 e. The molecule has 0 unspecified atom stereocenters. The third-order valence-electron chi connectivity index (χ3n) is 4.19. The van der Waals surface area contributed by atoms with Crippen LogP contribution in [0.2, 0.25) is 5.02 Å². The summed E-state index contributed by atoms with van der Waals surface area (Å²) in [7, 11) is 0. The van der Waals surface area contributed by atoms with Crippen LogP contribution in [0, 0.1) is 0 Å². The van der Waals surface area contributed by atoms with Gasteiger partial charge >= 0.3 is 6.61 Å². The van der Waals surface area contributed by atoms with Crippen molar-refractivity contribution in [1.29, 1.82) is 0 Å². The van der Waals surface area contributed by atoms with Crippen LogP contribution < -0.4 is 10.1 Å². The molecule has 4 rings (SSSR count). The number of furan rings is 1. The molecule has 162 valence electrons. The molecule has 0 saturated carbocycles. The summed E-state index contributed by atoms with van der Waals surface area (Å²) in [6.07, 6.45) is 2.93. The van der Waals surface area contributed by atoms with Gasteiger partial charge in [-0.3, -0.25) is 4.79 Å². The lowest BCUT2D eigenvalue weighted by atomic mass is 10.2. The van der Waals surface area contributed by atoms with Gasteiger partial charge in [-0.2, -0.15) is 13.5 Å². The Morgan fingerprint density at radius 2 is 1.97 bits per heavy atom. The second-order valence-electron chi connectivity index (χ2n) is 6.30. The Morgan fingerprint density at radius 1 is 1.16 bits per heavy atom. The van der Waals surface area contributed by atoms with Crippen molar-refractivity contribution in [3.8, 4) is 17.1 Å². The van der Waals surface area contributed by atoms with Crippen molar-refractivity contribution in [2.24, 2.45) is 0 Å². The van der Waals surface area contributed by atoms with Crippen LogP contribution >= 0.6 is 11.6 Å². The number of aromatic nitrogens is 4. The van der Waals surface area contributed by atoms with Gasteiger partial charge in [0.1, 0.15) is 17.2 Å². The maximum atomic E-state index is 13.2. The molecule has 0 fully saturated rings. The number of tetrazole rings is 1.